The fourth-order valence-electron chi connectivity index (χ4n) is 3.62. The van der Waals surface area contributed by atoms with Crippen LogP contribution in [0.3, 0.4) is 0 Å². The minimum atomic E-state index is -3.60. The van der Waals surface area contributed by atoms with Crippen LogP contribution in [-0.4, -0.2) is 61.8 Å². The first-order valence-corrected chi connectivity index (χ1v) is 12.0. The molecule has 1 aliphatic heterocycles. The van der Waals surface area contributed by atoms with Gasteiger partial charge in [0.1, 0.15) is 11.5 Å². The number of aryl methyl sites for hydroxylation is 1. The summed E-state index contributed by atoms with van der Waals surface area (Å²) in [7, 11) is -3.60. The van der Waals surface area contributed by atoms with Gasteiger partial charge in [0.2, 0.25) is 0 Å². The fourth-order valence-corrected chi connectivity index (χ4v) is 4.46. The molecule has 2 aromatic heterocycles. The third-order valence-corrected chi connectivity index (χ3v) is 6.33. The predicted molar refractivity (Wildman–Crippen MR) is 122 cm³/mol. The molecule has 9 nitrogen and oxygen atoms in total. The lowest BCUT2D eigenvalue weighted by Crippen LogP contribution is -2.46. The molecule has 1 aliphatic rings. The van der Waals surface area contributed by atoms with E-state index in [1.807, 2.05) is 32.0 Å². The minimum absolute atomic E-state index is 0.0592. The molecule has 0 radical (unpaired) electrons. The van der Waals surface area contributed by atoms with Crippen molar-refractivity contribution in [1.82, 2.24) is 19.6 Å². The molecule has 1 fully saturated rings. The SMILES string of the molecule is CCNS(=O)(=O)Nc1cc(CN2CCN(c3ccc(C(=O)CC)nc3C)CC2)ccn1. The highest BCUT2D eigenvalue weighted by Crippen LogP contribution is 2.22. The average Bonchev–Trinajstić information content (AvgIpc) is 2.73. The number of Topliss-reactive ketones (excluding diaryl/α,β-unsaturated/α-hetero) is 1. The van der Waals surface area contributed by atoms with Crippen LogP contribution < -0.4 is 14.3 Å². The van der Waals surface area contributed by atoms with E-state index in [0.29, 0.717) is 31.0 Å². The number of rotatable bonds is 9. The van der Waals surface area contributed by atoms with Crippen LogP contribution in [0.25, 0.3) is 0 Å². The van der Waals surface area contributed by atoms with Crippen LogP contribution in [-0.2, 0) is 16.8 Å². The van der Waals surface area contributed by atoms with Gasteiger partial charge in [-0.25, -0.2) is 9.97 Å². The number of nitrogens with zero attached hydrogens (tertiary/aromatic N) is 4. The summed E-state index contributed by atoms with van der Waals surface area (Å²) in [5.41, 5.74) is 3.47. The zero-order valence-corrected chi connectivity index (χ0v) is 19.1. The molecule has 31 heavy (non-hydrogen) atoms. The van der Waals surface area contributed by atoms with Gasteiger partial charge in [-0.3, -0.25) is 14.4 Å². The van der Waals surface area contributed by atoms with Crippen molar-refractivity contribution in [2.24, 2.45) is 0 Å². The first-order valence-electron chi connectivity index (χ1n) is 10.5. The molecule has 3 rings (SSSR count). The molecule has 1 saturated heterocycles. The van der Waals surface area contributed by atoms with Gasteiger partial charge in [0.15, 0.2) is 5.78 Å². The van der Waals surface area contributed by atoms with Crippen molar-refractivity contribution >= 4 is 27.5 Å². The number of pyridine rings is 2. The Labute approximate surface area is 184 Å². The van der Waals surface area contributed by atoms with E-state index in [9.17, 15) is 13.2 Å². The summed E-state index contributed by atoms with van der Waals surface area (Å²) in [6.45, 7) is 9.99. The number of hydrogen-bond acceptors (Lipinski definition) is 7. The highest BCUT2D eigenvalue weighted by Gasteiger charge is 2.20. The molecule has 0 aliphatic carbocycles. The van der Waals surface area contributed by atoms with Crippen LogP contribution in [0.2, 0.25) is 0 Å². The number of nitrogens with one attached hydrogen (secondary N) is 2. The second kappa shape index (κ2) is 10.2. The summed E-state index contributed by atoms with van der Waals surface area (Å²) in [5.74, 6) is 0.365. The van der Waals surface area contributed by atoms with Gasteiger partial charge in [-0.2, -0.15) is 13.1 Å². The number of carbonyl (C=O) groups excluding carboxylic acids is 1. The van der Waals surface area contributed by atoms with Crippen molar-refractivity contribution in [3.05, 3.63) is 47.4 Å². The normalized spacial score (nSPS) is 15.1. The summed E-state index contributed by atoms with van der Waals surface area (Å²) in [4.78, 5) is 25.1. The van der Waals surface area contributed by atoms with Crippen LogP contribution in [0.4, 0.5) is 11.5 Å². The van der Waals surface area contributed by atoms with Crippen LogP contribution >= 0.6 is 0 Å². The molecule has 10 heteroatoms. The fraction of sp³-hybridized carbons (Fsp3) is 0.476. The predicted octanol–water partition coefficient (Wildman–Crippen LogP) is 1.97. The Hall–Kier alpha value is -2.56. The van der Waals surface area contributed by atoms with Gasteiger partial charge in [-0.1, -0.05) is 13.8 Å². The van der Waals surface area contributed by atoms with E-state index in [-0.39, 0.29) is 5.78 Å². The topological polar surface area (TPSA) is 108 Å². The highest BCUT2D eigenvalue weighted by molar-refractivity contribution is 7.90. The third kappa shape index (κ3) is 6.22. The van der Waals surface area contributed by atoms with Crippen molar-refractivity contribution in [1.29, 1.82) is 0 Å². The quantitative estimate of drug-likeness (QED) is 0.567. The smallest absolute Gasteiger partial charge is 0.300 e. The van der Waals surface area contributed by atoms with Crippen molar-refractivity contribution < 1.29 is 13.2 Å². The molecule has 0 unspecified atom stereocenters. The molecule has 0 atom stereocenters. The molecule has 0 bridgehead atoms. The van der Waals surface area contributed by atoms with Gasteiger partial charge in [0.25, 0.3) is 10.2 Å². The maximum atomic E-state index is 11.9. The van der Waals surface area contributed by atoms with Crippen molar-refractivity contribution in [2.45, 2.75) is 33.7 Å². The number of carbonyl (C=O) groups is 1. The summed E-state index contributed by atoms with van der Waals surface area (Å²) in [5, 5.41) is 0. The van der Waals surface area contributed by atoms with E-state index in [1.54, 1.807) is 19.2 Å². The largest absolute Gasteiger partial charge is 0.368 e. The first-order chi connectivity index (χ1) is 14.8. The van der Waals surface area contributed by atoms with E-state index >= 15 is 0 Å². The Bertz CT molecular complexity index is 1020. The summed E-state index contributed by atoms with van der Waals surface area (Å²) in [6, 6.07) is 7.47. The van der Waals surface area contributed by atoms with E-state index < -0.39 is 10.2 Å². The maximum Gasteiger partial charge on any atom is 0.300 e. The first kappa shape index (κ1) is 23.1. The molecule has 168 valence electrons. The van der Waals surface area contributed by atoms with Gasteiger partial charge in [0.05, 0.1) is 11.4 Å². The Morgan fingerprint density at radius 3 is 2.52 bits per heavy atom. The number of piperazine rings is 1. The summed E-state index contributed by atoms with van der Waals surface area (Å²) < 4.78 is 28.6. The Morgan fingerprint density at radius 1 is 1.13 bits per heavy atom. The van der Waals surface area contributed by atoms with Gasteiger partial charge in [-0.05, 0) is 36.8 Å². The van der Waals surface area contributed by atoms with Gasteiger partial charge in [-0.15, -0.1) is 0 Å². The summed E-state index contributed by atoms with van der Waals surface area (Å²) in [6.07, 6.45) is 2.07. The second-order valence-electron chi connectivity index (χ2n) is 7.49. The molecule has 0 saturated carbocycles. The van der Waals surface area contributed by atoms with Gasteiger partial charge < -0.3 is 4.90 Å². The lowest BCUT2D eigenvalue weighted by Gasteiger charge is -2.36. The van der Waals surface area contributed by atoms with Gasteiger partial charge >= 0.3 is 0 Å². The zero-order chi connectivity index (χ0) is 22.4. The number of anilines is 2. The van der Waals surface area contributed by atoms with Crippen LogP contribution in [0.15, 0.2) is 30.5 Å². The Balaban J connectivity index is 1.58. The van der Waals surface area contributed by atoms with E-state index in [4.69, 9.17) is 0 Å². The number of ketones is 1. The van der Waals surface area contributed by atoms with Crippen LogP contribution in [0.1, 0.15) is 42.0 Å². The Kier molecular flexibility index (Phi) is 7.58. The zero-order valence-electron chi connectivity index (χ0n) is 18.3. The summed E-state index contributed by atoms with van der Waals surface area (Å²) >= 11 is 0. The highest BCUT2D eigenvalue weighted by atomic mass is 32.2. The molecule has 2 N–H and O–H groups in total. The lowest BCUT2D eigenvalue weighted by molar-refractivity contribution is 0.0983. The van der Waals surface area contributed by atoms with Crippen LogP contribution in [0.5, 0.6) is 0 Å². The average molecular weight is 447 g/mol. The van der Waals surface area contributed by atoms with E-state index in [2.05, 4.69) is 29.2 Å². The maximum absolute atomic E-state index is 11.9. The number of hydrogen-bond donors (Lipinski definition) is 2. The monoisotopic (exact) mass is 446 g/mol. The molecule has 2 aromatic rings. The molecule has 3 heterocycles. The Morgan fingerprint density at radius 2 is 1.87 bits per heavy atom. The van der Waals surface area contributed by atoms with Crippen molar-refractivity contribution in [3.63, 3.8) is 0 Å². The molecular weight excluding hydrogens is 416 g/mol. The second-order valence-corrected chi connectivity index (χ2v) is 8.99. The molecule has 0 amide bonds. The van der Waals surface area contributed by atoms with Gasteiger partial charge in [0, 0.05) is 51.9 Å². The molecular formula is C21H30N6O3S. The van der Waals surface area contributed by atoms with E-state index in [0.717, 1.165) is 43.1 Å². The molecule has 0 spiro atoms. The van der Waals surface area contributed by atoms with Crippen molar-refractivity contribution in [3.8, 4) is 0 Å². The lowest BCUT2D eigenvalue weighted by atomic mass is 10.1. The van der Waals surface area contributed by atoms with E-state index in [1.165, 1.54) is 0 Å². The van der Waals surface area contributed by atoms with Crippen molar-refractivity contribution in [2.75, 3.05) is 42.3 Å². The minimum Gasteiger partial charge on any atom is -0.368 e. The number of aromatic nitrogens is 2. The third-order valence-electron chi connectivity index (χ3n) is 5.18. The standard InChI is InChI=1S/C21H30N6O3S/c1-4-20(28)18-6-7-19(16(3)24-18)27-12-10-26(11-13-27)15-17-8-9-22-21(14-17)25-31(29,30)23-5-2/h6-9,14,23H,4-5,10-13,15H2,1-3H3,(H,22,25). The molecule has 0 aromatic carbocycles. The van der Waals surface area contributed by atoms with Crippen LogP contribution in [0, 0.1) is 6.92 Å².